The number of likely N-dealkylation sites (N-methyl/N-ethyl adjacent to an activating group) is 2. The van der Waals surface area contributed by atoms with E-state index in [9.17, 15) is 14.4 Å². The lowest BCUT2D eigenvalue weighted by Gasteiger charge is -2.53. The zero-order valence-corrected chi connectivity index (χ0v) is 28.5. The number of carbonyl (C=O) groups is 3. The molecule has 2 bridgehead atoms. The van der Waals surface area contributed by atoms with Crippen molar-refractivity contribution < 1.29 is 23.9 Å². The number of benzene rings is 2. The molecule has 48 heavy (non-hydrogen) atoms. The summed E-state index contributed by atoms with van der Waals surface area (Å²) in [5.41, 5.74) is 1.11. The van der Waals surface area contributed by atoms with Crippen molar-refractivity contribution in [2.24, 2.45) is 5.41 Å². The standard InChI is InChI=1S/C36H49N7O5/c1-40-19-20-41(2)36(26-40)13-16-42(17-14-36)34(46)35(12-7-21-47-3)23-27-8-6-9-28(22-27)48-24-31(44)37-15-18-43-32(33(45)38-25-35)29-10-4-5-11-30(29)39-43/h4-6,8-11,22H,7,12-21,23-26H2,1-3H3,(H,37,44)(H,38,45). The lowest BCUT2D eigenvalue weighted by molar-refractivity contribution is -0.146. The second kappa shape index (κ2) is 14.6. The van der Waals surface area contributed by atoms with Gasteiger partial charge >= 0.3 is 0 Å². The van der Waals surface area contributed by atoms with E-state index in [1.165, 1.54) is 0 Å². The Morgan fingerprint density at radius 1 is 1.00 bits per heavy atom. The van der Waals surface area contributed by atoms with Crippen molar-refractivity contribution in [3.05, 3.63) is 59.8 Å². The quantitative estimate of drug-likeness (QED) is 0.400. The van der Waals surface area contributed by atoms with Crippen LogP contribution >= 0.6 is 0 Å². The number of amides is 3. The van der Waals surface area contributed by atoms with Crippen molar-refractivity contribution >= 4 is 28.6 Å². The Morgan fingerprint density at radius 3 is 2.62 bits per heavy atom. The van der Waals surface area contributed by atoms with Crippen molar-refractivity contribution in [2.45, 2.75) is 44.2 Å². The SMILES string of the molecule is COCCCC1(C(=O)N2CCC3(CC2)CN(C)CCN3C)CNC(=O)c2c3ccccc3nn2CCNC(=O)COc2cccc(c2)C1. The maximum Gasteiger partial charge on any atom is 0.270 e. The molecule has 4 heterocycles. The van der Waals surface area contributed by atoms with E-state index in [0.29, 0.717) is 62.5 Å². The summed E-state index contributed by atoms with van der Waals surface area (Å²) in [7, 11) is 6.06. The Hall–Kier alpha value is -4.00. The summed E-state index contributed by atoms with van der Waals surface area (Å²) in [5.74, 6) is 0.0392. The van der Waals surface area contributed by atoms with E-state index < -0.39 is 5.41 Å². The average molecular weight is 660 g/mol. The van der Waals surface area contributed by atoms with Crippen molar-refractivity contribution in [3.63, 3.8) is 0 Å². The molecule has 2 fully saturated rings. The summed E-state index contributed by atoms with van der Waals surface area (Å²) in [4.78, 5) is 48.7. The molecule has 6 rings (SSSR count). The van der Waals surface area contributed by atoms with Gasteiger partial charge in [0.25, 0.3) is 11.8 Å². The molecule has 1 aromatic heterocycles. The van der Waals surface area contributed by atoms with Crippen LogP contribution in [0, 0.1) is 5.41 Å². The van der Waals surface area contributed by atoms with Gasteiger partial charge in [0.15, 0.2) is 6.61 Å². The number of ether oxygens (including phenoxy) is 2. The number of carbonyl (C=O) groups excluding carboxylic acids is 3. The minimum absolute atomic E-state index is 0.0470. The number of nitrogens with one attached hydrogen (secondary N) is 2. The number of aromatic nitrogens is 2. The molecule has 3 aliphatic heterocycles. The molecule has 12 nitrogen and oxygen atoms in total. The second-order valence-corrected chi connectivity index (χ2v) is 13.8. The highest BCUT2D eigenvalue weighted by Crippen LogP contribution is 2.37. The molecular weight excluding hydrogens is 610 g/mol. The Bertz CT molecular complexity index is 1620. The summed E-state index contributed by atoms with van der Waals surface area (Å²) < 4.78 is 13.0. The maximum atomic E-state index is 15.0. The number of hydrogen-bond acceptors (Lipinski definition) is 8. The van der Waals surface area contributed by atoms with Crippen LogP contribution in [0.5, 0.6) is 5.75 Å². The van der Waals surface area contributed by atoms with Crippen LogP contribution in [0.4, 0.5) is 0 Å². The van der Waals surface area contributed by atoms with E-state index in [1.54, 1.807) is 11.8 Å². The van der Waals surface area contributed by atoms with Gasteiger partial charge in [-0.25, -0.2) is 0 Å². The lowest BCUT2D eigenvalue weighted by Crippen LogP contribution is -2.65. The molecule has 0 saturated carbocycles. The van der Waals surface area contributed by atoms with Gasteiger partial charge in [0.2, 0.25) is 5.91 Å². The summed E-state index contributed by atoms with van der Waals surface area (Å²) >= 11 is 0. The van der Waals surface area contributed by atoms with Crippen molar-refractivity contribution in [3.8, 4) is 5.75 Å². The zero-order valence-electron chi connectivity index (χ0n) is 28.5. The van der Waals surface area contributed by atoms with Crippen LogP contribution in [-0.4, -0.2) is 128 Å². The lowest BCUT2D eigenvalue weighted by atomic mass is 9.75. The predicted molar refractivity (Wildman–Crippen MR) is 183 cm³/mol. The molecule has 0 radical (unpaired) electrons. The molecule has 0 aliphatic carbocycles. The number of rotatable bonds is 5. The van der Waals surface area contributed by atoms with E-state index in [1.807, 2.05) is 53.4 Å². The number of methoxy groups -OCH3 is 1. The number of likely N-dealkylation sites (tertiary alicyclic amines) is 1. The normalized spacial score (nSPS) is 22.9. The van der Waals surface area contributed by atoms with Crippen molar-refractivity contribution in [2.75, 3.05) is 80.2 Å². The summed E-state index contributed by atoms with van der Waals surface area (Å²) in [6.45, 7) is 5.46. The maximum absolute atomic E-state index is 15.0. The highest BCUT2D eigenvalue weighted by molar-refractivity contribution is 6.05. The molecule has 3 aliphatic rings. The fourth-order valence-corrected chi connectivity index (χ4v) is 7.77. The van der Waals surface area contributed by atoms with Crippen molar-refractivity contribution in [1.29, 1.82) is 0 Å². The Kier molecular flexibility index (Phi) is 10.3. The van der Waals surface area contributed by atoms with Gasteiger partial charge < -0.3 is 29.9 Å². The highest BCUT2D eigenvalue weighted by Gasteiger charge is 2.47. The van der Waals surface area contributed by atoms with E-state index in [4.69, 9.17) is 9.47 Å². The van der Waals surface area contributed by atoms with Crippen LogP contribution in [0.1, 0.15) is 41.7 Å². The number of nitrogens with zero attached hydrogens (tertiary/aromatic N) is 5. The molecule has 2 aromatic carbocycles. The van der Waals surface area contributed by atoms with Crippen LogP contribution in [0.25, 0.3) is 10.9 Å². The monoisotopic (exact) mass is 659 g/mol. The number of piperazine rings is 1. The fraction of sp³-hybridized carbons (Fsp3) is 0.556. The first kappa shape index (κ1) is 33.9. The highest BCUT2D eigenvalue weighted by atomic mass is 16.5. The minimum Gasteiger partial charge on any atom is -0.484 e. The zero-order chi connectivity index (χ0) is 33.7. The Morgan fingerprint density at radius 2 is 1.81 bits per heavy atom. The third kappa shape index (κ3) is 7.20. The summed E-state index contributed by atoms with van der Waals surface area (Å²) in [6, 6.07) is 15.1. The third-order valence-electron chi connectivity index (χ3n) is 10.5. The largest absolute Gasteiger partial charge is 0.484 e. The van der Waals surface area contributed by atoms with Gasteiger partial charge in [0, 0.05) is 70.5 Å². The first-order valence-corrected chi connectivity index (χ1v) is 17.1. The first-order valence-electron chi connectivity index (χ1n) is 17.1. The fourth-order valence-electron chi connectivity index (χ4n) is 7.77. The molecule has 1 atom stereocenters. The van der Waals surface area contributed by atoms with E-state index in [-0.39, 0.29) is 43.0 Å². The van der Waals surface area contributed by atoms with Gasteiger partial charge in [-0.05, 0) is 70.0 Å². The molecule has 2 saturated heterocycles. The molecule has 12 heteroatoms. The molecule has 1 unspecified atom stereocenters. The van der Waals surface area contributed by atoms with E-state index in [2.05, 4.69) is 39.6 Å². The molecule has 3 aromatic rings. The van der Waals surface area contributed by atoms with Crippen LogP contribution in [0.3, 0.4) is 0 Å². The van der Waals surface area contributed by atoms with Crippen LogP contribution in [0.2, 0.25) is 0 Å². The van der Waals surface area contributed by atoms with E-state index >= 15 is 0 Å². The Balaban J connectivity index is 1.35. The van der Waals surface area contributed by atoms with Crippen LogP contribution in [0.15, 0.2) is 48.5 Å². The van der Waals surface area contributed by atoms with Gasteiger partial charge in [-0.1, -0.05) is 30.3 Å². The van der Waals surface area contributed by atoms with Crippen molar-refractivity contribution in [1.82, 2.24) is 35.1 Å². The van der Waals surface area contributed by atoms with Gasteiger partial charge in [-0.15, -0.1) is 0 Å². The van der Waals surface area contributed by atoms with Gasteiger partial charge in [-0.3, -0.25) is 24.0 Å². The average Bonchev–Trinajstić information content (AvgIpc) is 3.46. The van der Waals surface area contributed by atoms with E-state index in [0.717, 1.165) is 43.4 Å². The summed E-state index contributed by atoms with van der Waals surface area (Å²) in [6.07, 6.45) is 3.37. The number of hydrogen-bond donors (Lipinski definition) is 2. The van der Waals surface area contributed by atoms with Crippen LogP contribution in [-0.2, 0) is 27.3 Å². The first-order chi connectivity index (χ1) is 23.2. The minimum atomic E-state index is -0.943. The molecule has 2 N–H and O–H groups in total. The topological polar surface area (TPSA) is 121 Å². The van der Waals surface area contributed by atoms with Crippen LogP contribution < -0.4 is 15.4 Å². The predicted octanol–water partition coefficient (Wildman–Crippen LogP) is 2.17. The second-order valence-electron chi connectivity index (χ2n) is 13.8. The molecule has 258 valence electrons. The van der Waals surface area contributed by atoms with Gasteiger partial charge in [-0.2, -0.15) is 5.10 Å². The molecular formula is C36H49N7O5. The Labute approximate surface area is 282 Å². The molecule has 3 amide bonds. The molecule has 1 spiro atoms. The number of piperidine rings is 1. The third-order valence-corrected chi connectivity index (χ3v) is 10.5. The summed E-state index contributed by atoms with van der Waals surface area (Å²) in [5, 5.41) is 11.5. The van der Waals surface area contributed by atoms with Gasteiger partial charge in [0.1, 0.15) is 11.4 Å². The van der Waals surface area contributed by atoms with Gasteiger partial charge in [0.05, 0.1) is 17.5 Å². The number of fused-ring (bicyclic) bond motifs is 5. The smallest absolute Gasteiger partial charge is 0.270 e.